The first kappa shape index (κ1) is 14.9. The van der Waals surface area contributed by atoms with Gasteiger partial charge in [-0.15, -0.1) is 11.3 Å². The molecule has 2 aromatic rings. The highest BCUT2D eigenvalue weighted by molar-refractivity contribution is 7.14. The van der Waals surface area contributed by atoms with Crippen molar-refractivity contribution in [2.45, 2.75) is 40.0 Å². The first-order chi connectivity index (χ1) is 8.70. The molecule has 18 heavy (non-hydrogen) atoms. The number of rotatable bonds is 4. The monoisotopic (exact) mass is 266 g/mol. The van der Waals surface area contributed by atoms with Crippen LogP contribution in [0.15, 0.2) is 24.5 Å². The number of aliphatic hydroxyl groups excluding tert-OH is 1. The second kappa shape index (κ2) is 7.34. The second-order valence-corrected chi connectivity index (χ2v) is 5.19. The van der Waals surface area contributed by atoms with Crippen LogP contribution in [0, 0.1) is 0 Å². The maximum atomic E-state index is 8.84. The predicted octanol–water partition coefficient (Wildman–Crippen LogP) is 3.62. The van der Waals surface area contributed by atoms with E-state index < -0.39 is 0 Å². The number of thiophene rings is 1. The highest BCUT2D eigenvalue weighted by Crippen LogP contribution is 2.26. The zero-order valence-corrected chi connectivity index (χ0v) is 12.4. The molecule has 0 aromatic carbocycles. The van der Waals surface area contributed by atoms with Gasteiger partial charge in [-0.3, -0.25) is 0 Å². The molecule has 2 aromatic heterocycles. The first-order valence-electron chi connectivity index (χ1n) is 6.45. The Morgan fingerprint density at radius 3 is 2.61 bits per heavy atom. The number of aliphatic hydroxyl groups is 1. The average molecular weight is 266 g/mol. The summed E-state index contributed by atoms with van der Waals surface area (Å²) in [7, 11) is 0. The zero-order chi connectivity index (χ0) is 13.5. The third-order valence-corrected chi connectivity index (χ3v) is 3.82. The minimum atomic E-state index is 0.174. The van der Waals surface area contributed by atoms with Gasteiger partial charge in [0.25, 0.3) is 0 Å². The third kappa shape index (κ3) is 3.68. The number of hydrogen-bond donors (Lipinski definition) is 1. The minimum Gasteiger partial charge on any atom is -0.396 e. The van der Waals surface area contributed by atoms with Gasteiger partial charge < -0.3 is 5.11 Å². The molecule has 4 heteroatoms. The van der Waals surface area contributed by atoms with Crippen LogP contribution in [-0.4, -0.2) is 21.5 Å². The summed E-state index contributed by atoms with van der Waals surface area (Å²) >= 11 is 1.76. The van der Waals surface area contributed by atoms with Crippen LogP contribution in [0.4, 0.5) is 0 Å². The normalized spacial score (nSPS) is 10.3. The summed E-state index contributed by atoms with van der Waals surface area (Å²) in [5.41, 5.74) is 1.07. The lowest BCUT2D eigenvalue weighted by Gasteiger charge is -1.98. The summed E-state index contributed by atoms with van der Waals surface area (Å²) in [4.78, 5) is 1.37. The lowest BCUT2D eigenvalue weighted by atomic mass is 10.2. The van der Waals surface area contributed by atoms with E-state index in [1.807, 2.05) is 30.9 Å². The summed E-state index contributed by atoms with van der Waals surface area (Å²) in [6.45, 7) is 8.55. The Morgan fingerprint density at radius 2 is 2.06 bits per heavy atom. The van der Waals surface area contributed by atoms with Crippen LogP contribution in [0.1, 0.15) is 44.1 Å². The number of hydrogen-bond acceptors (Lipinski definition) is 3. The van der Waals surface area contributed by atoms with Crippen molar-refractivity contribution in [2.75, 3.05) is 6.61 Å². The Kier molecular flexibility index (Phi) is 6.09. The largest absolute Gasteiger partial charge is 0.396 e. The lowest BCUT2D eigenvalue weighted by Crippen LogP contribution is -1.90. The van der Waals surface area contributed by atoms with Gasteiger partial charge in [-0.25, -0.2) is 4.68 Å². The SMILES string of the molecule is CC.CC(C)c1ccc(-n2cc(CCO)cn2)s1. The van der Waals surface area contributed by atoms with Crippen LogP contribution in [0.25, 0.3) is 5.00 Å². The van der Waals surface area contributed by atoms with E-state index in [4.69, 9.17) is 5.11 Å². The third-order valence-electron chi connectivity index (χ3n) is 2.44. The van der Waals surface area contributed by atoms with Crippen molar-refractivity contribution < 1.29 is 5.11 Å². The standard InChI is InChI=1S/C12H16N2OS.C2H6/c1-9(2)11-3-4-12(16-11)14-8-10(5-6-15)7-13-14;1-2/h3-4,7-9,15H,5-6H2,1-2H3;1-2H3. The Balaban J connectivity index is 0.000000771. The Bertz CT molecular complexity index is 460. The van der Waals surface area contributed by atoms with Crippen LogP contribution in [0.3, 0.4) is 0 Å². The van der Waals surface area contributed by atoms with Gasteiger partial charge in [-0.05, 0) is 30.0 Å². The van der Waals surface area contributed by atoms with E-state index in [1.54, 1.807) is 11.3 Å². The Morgan fingerprint density at radius 1 is 1.33 bits per heavy atom. The molecule has 0 aliphatic carbocycles. The molecule has 0 aliphatic heterocycles. The van der Waals surface area contributed by atoms with E-state index in [0.29, 0.717) is 12.3 Å². The average Bonchev–Trinajstić information content (AvgIpc) is 2.99. The predicted molar refractivity (Wildman–Crippen MR) is 77.7 cm³/mol. The second-order valence-electron chi connectivity index (χ2n) is 4.10. The van der Waals surface area contributed by atoms with Crippen molar-refractivity contribution in [3.8, 4) is 5.00 Å². The molecule has 0 atom stereocenters. The fraction of sp³-hybridized carbons (Fsp3) is 0.500. The van der Waals surface area contributed by atoms with Crippen molar-refractivity contribution in [1.82, 2.24) is 9.78 Å². The summed E-state index contributed by atoms with van der Waals surface area (Å²) in [6.07, 6.45) is 4.46. The van der Waals surface area contributed by atoms with Gasteiger partial charge in [0.2, 0.25) is 0 Å². The van der Waals surface area contributed by atoms with Gasteiger partial charge in [-0.2, -0.15) is 5.10 Å². The summed E-state index contributed by atoms with van der Waals surface area (Å²) in [5.74, 6) is 0.561. The molecule has 2 heterocycles. The lowest BCUT2D eigenvalue weighted by molar-refractivity contribution is 0.299. The molecule has 0 spiro atoms. The van der Waals surface area contributed by atoms with Crippen LogP contribution >= 0.6 is 11.3 Å². The van der Waals surface area contributed by atoms with Crippen LogP contribution in [0.5, 0.6) is 0 Å². The van der Waals surface area contributed by atoms with E-state index >= 15 is 0 Å². The summed E-state index contributed by atoms with van der Waals surface area (Å²) in [6, 6.07) is 4.24. The van der Waals surface area contributed by atoms with Gasteiger partial charge in [0.05, 0.1) is 6.20 Å². The molecule has 0 radical (unpaired) electrons. The van der Waals surface area contributed by atoms with Crippen LogP contribution in [-0.2, 0) is 6.42 Å². The maximum absolute atomic E-state index is 8.84. The van der Waals surface area contributed by atoms with Crippen molar-refractivity contribution in [2.24, 2.45) is 0 Å². The first-order valence-corrected chi connectivity index (χ1v) is 7.27. The van der Waals surface area contributed by atoms with Gasteiger partial charge in [0, 0.05) is 17.7 Å². The molecule has 0 unspecified atom stereocenters. The molecule has 0 saturated carbocycles. The molecule has 1 N–H and O–H groups in total. The summed E-state index contributed by atoms with van der Waals surface area (Å²) in [5, 5.41) is 14.3. The molecule has 0 amide bonds. The van der Waals surface area contributed by atoms with E-state index in [1.165, 1.54) is 4.88 Å². The van der Waals surface area contributed by atoms with Gasteiger partial charge in [-0.1, -0.05) is 27.7 Å². The molecule has 100 valence electrons. The topological polar surface area (TPSA) is 38.0 Å². The number of nitrogens with zero attached hydrogens (tertiary/aromatic N) is 2. The van der Waals surface area contributed by atoms with E-state index in [9.17, 15) is 0 Å². The quantitative estimate of drug-likeness (QED) is 0.918. The minimum absolute atomic E-state index is 0.174. The molecule has 0 saturated heterocycles. The smallest absolute Gasteiger partial charge is 0.117 e. The fourth-order valence-electron chi connectivity index (χ4n) is 1.51. The van der Waals surface area contributed by atoms with E-state index in [-0.39, 0.29) is 6.61 Å². The maximum Gasteiger partial charge on any atom is 0.117 e. The fourth-order valence-corrected chi connectivity index (χ4v) is 2.46. The van der Waals surface area contributed by atoms with Crippen molar-refractivity contribution in [3.05, 3.63) is 35.0 Å². The Hall–Kier alpha value is -1.13. The van der Waals surface area contributed by atoms with Crippen LogP contribution in [0.2, 0.25) is 0 Å². The molecule has 0 fully saturated rings. The van der Waals surface area contributed by atoms with Crippen LogP contribution < -0.4 is 0 Å². The van der Waals surface area contributed by atoms with Gasteiger partial charge >= 0.3 is 0 Å². The summed E-state index contributed by atoms with van der Waals surface area (Å²) < 4.78 is 1.88. The van der Waals surface area contributed by atoms with E-state index in [0.717, 1.165) is 10.6 Å². The van der Waals surface area contributed by atoms with E-state index in [2.05, 4.69) is 31.1 Å². The molecule has 3 nitrogen and oxygen atoms in total. The number of aromatic nitrogens is 2. The molecule has 2 rings (SSSR count). The van der Waals surface area contributed by atoms with Crippen molar-refractivity contribution in [3.63, 3.8) is 0 Å². The highest BCUT2D eigenvalue weighted by Gasteiger charge is 2.06. The van der Waals surface area contributed by atoms with Crippen molar-refractivity contribution in [1.29, 1.82) is 0 Å². The van der Waals surface area contributed by atoms with Crippen molar-refractivity contribution >= 4 is 11.3 Å². The molecular formula is C14H22N2OS. The molecule has 0 bridgehead atoms. The zero-order valence-electron chi connectivity index (χ0n) is 11.6. The molecule has 0 aliphatic rings. The highest BCUT2D eigenvalue weighted by atomic mass is 32.1. The molecular weight excluding hydrogens is 244 g/mol. The van der Waals surface area contributed by atoms with Gasteiger partial charge in [0.1, 0.15) is 5.00 Å². The van der Waals surface area contributed by atoms with Gasteiger partial charge in [0.15, 0.2) is 0 Å². The Labute approximate surface area is 113 Å².